The van der Waals surface area contributed by atoms with Crippen LogP contribution >= 0.6 is 0 Å². The molecule has 0 aromatic heterocycles. The monoisotopic (exact) mass is 306 g/mol. The summed E-state index contributed by atoms with van der Waals surface area (Å²) in [5.74, 6) is 2.27. The van der Waals surface area contributed by atoms with E-state index in [-0.39, 0.29) is 18.0 Å². The topological polar surface area (TPSA) is 52.6 Å². The Morgan fingerprint density at radius 2 is 2.05 bits per heavy atom. The fourth-order valence-electron chi connectivity index (χ4n) is 4.63. The van der Waals surface area contributed by atoms with Gasteiger partial charge in [0.15, 0.2) is 0 Å². The van der Waals surface area contributed by atoms with Crippen LogP contribution in [0, 0.1) is 23.7 Å². The standard InChI is InChI=1S/C18H26O4/c1-2-17(19)22-16-10-14-9-15(16)8-13(14)6-4-3-5-12-7-18(20)21-11-12/h2,12-16H,1,3-11H2. The van der Waals surface area contributed by atoms with Crippen LogP contribution in [0.25, 0.3) is 0 Å². The van der Waals surface area contributed by atoms with E-state index in [1.165, 1.54) is 38.2 Å². The number of fused-ring (bicyclic) bond motifs is 2. The summed E-state index contributed by atoms with van der Waals surface area (Å²) >= 11 is 0. The van der Waals surface area contributed by atoms with Crippen LogP contribution in [0.3, 0.4) is 0 Å². The summed E-state index contributed by atoms with van der Waals surface area (Å²) in [6.07, 6.45) is 10.3. The average molecular weight is 306 g/mol. The molecular formula is C18H26O4. The number of hydrogen-bond donors (Lipinski definition) is 0. The summed E-state index contributed by atoms with van der Waals surface area (Å²) in [5.41, 5.74) is 0. The largest absolute Gasteiger partial charge is 0.465 e. The Bertz CT molecular complexity index is 444. The minimum absolute atomic E-state index is 0.0294. The lowest BCUT2D eigenvalue weighted by Gasteiger charge is -2.27. The van der Waals surface area contributed by atoms with E-state index in [0.717, 1.165) is 24.7 Å². The van der Waals surface area contributed by atoms with Crippen LogP contribution in [0.5, 0.6) is 0 Å². The van der Waals surface area contributed by atoms with Gasteiger partial charge in [0, 0.05) is 12.0 Å². The molecule has 4 heteroatoms. The first-order chi connectivity index (χ1) is 10.7. The number of ether oxygens (including phenoxy) is 2. The summed E-state index contributed by atoms with van der Waals surface area (Å²) in [7, 11) is 0. The van der Waals surface area contributed by atoms with Gasteiger partial charge in [0.2, 0.25) is 0 Å². The second kappa shape index (κ2) is 6.84. The Kier molecular flexibility index (Phi) is 4.84. The number of carbonyl (C=O) groups excluding carboxylic acids is 2. The van der Waals surface area contributed by atoms with Gasteiger partial charge in [-0.2, -0.15) is 0 Å². The third-order valence-electron chi connectivity index (χ3n) is 5.75. The first kappa shape index (κ1) is 15.6. The molecule has 22 heavy (non-hydrogen) atoms. The fraction of sp³-hybridized carbons (Fsp3) is 0.778. The van der Waals surface area contributed by atoms with Gasteiger partial charge in [0.05, 0.1) is 13.0 Å². The van der Waals surface area contributed by atoms with Gasteiger partial charge in [-0.3, -0.25) is 4.79 Å². The van der Waals surface area contributed by atoms with Gasteiger partial charge in [-0.25, -0.2) is 4.79 Å². The van der Waals surface area contributed by atoms with Crippen LogP contribution in [-0.4, -0.2) is 24.6 Å². The van der Waals surface area contributed by atoms with Crippen molar-refractivity contribution in [3.8, 4) is 0 Å². The predicted molar refractivity (Wildman–Crippen MR) is 81.9 cm³/mol. The smallest absolute Gasteiger partial charge is 0.330 e. The highest BCUT2D eigenvalue weighted by molar-refractivity contribution is 5.81. The summed E-state index contributed by atoms with van der Waals surface area (Å²) < 4.78 is 10.4. The average Bonchev–Trinajstić information content (AvgIpc) is 3.19. The zero-order valence-corrected chi connectivity index (χ0v) is 13.2. The maximum absolute atomic E-state index is 11.3. The highest BCUT2D eigenvalue weighted by Crippen LogP contribution is 2.51. The molecule has 0 N–H and O–H groups in total. The first-order valence-corrected chi connectivity index (χ1v) is 8.64. The van der Waals surface area contributed by atoms with Crippen molar-refractivity contribution < 1.29 is 19.1 Å². The molecule has 1 aliphatic heterocycles. The van der Waals surface area contributed by atoms with E-state index in [1.807, 2.05) is 0 Å². The van der Waals surface area contributed by atoms with Crippen molar-refractivity contribution in [1.29, 1.82) is 0 Å². The molecule has 122 valence electrons. The molecule has 1 heterocycles. The Hall–Kier alpha value is -1.32. The summed E-state index contributed by atoms with van der Waals surface area (Å²) in [4.78, 5) is 22.4. The number of carbonyl (C=O) groups is 2. The fourth-order valence-corrected chi connectivity index (χ4v) is 4.63. The van der Waals surface area contributed by atoms with E-state index in [2.05, 4.69) is 6.58 Å². The Balaban J connectivity index is 1.32. The Morgan fingerprint density at radius 1 is 1.23 bits per heavy atom. The van der Waals surface area contributed by atoms with Crippen molar-refractivity contribution in [2.45, 2.75) is 57.5 Å². The minimum Gasteiger partial charge on any atom is -0.465 e. The number of unbranched alkanes of at least 4 members (excludes halogenated alkanes) is 1. The Labute approximate surface area is 132 Å². The van der Waals surface area contributed by atoms with Crippen molar-refractivity contribution in [2.24, 2.45) is 23.7 Å². The van der Waals surface area contributed by atoms with Gasteiger partial charge in [-0.05, 0) is 43.4 Å². The minimum atomic E-state index is -0.276. The van der Waals surface area contributed by atoms with Gasteiger partial charge >= 0.3 is 11.9 Å². The van der Waals surface area contributed by atoms with Crippen molar-refractivity contribution >= 4 is 11.9 Å². The van der Waals surface area contributed by atoms with E-state index in [9.17, 15) is 9.59 Å². The molecule has 4 nitrogen and oxygen atoms in total. The summed E-state index contributed by atoms with van der Waals surface area (Å²) in [6.45, 7) is 4.09. The number of esters is 2. The zero-order chi connectivity index (χ0) is 15.5. The van der Waals surface area contributed by atoms with Crippen LogP contribution in [0.1, 0.15) is 51.4 Å². The molecular weight excluding hydrogens is 280 g/mol. The van der Waals surface area contributed by atoms with E-state index >= 15 is 0 Å². The van der Waals surface area contributed by atoms with E-state index in [0.29, 0.717) is 24.9 Å². The second-order valence-corrected chi connectivity index (χ2v) is 7.20. The highest BCUT2D eigenvalue weighted by atomic mass is 16.5. The van der Waals surface area contributed by atoms with Crippen LogP contribution in [-0.2, 0) is 19.1 Å². The predicted octanol–water partition coefficient (Wildman–Crippen LogP) is 3.25. The number of rotatable bonds is 7. The Morgan fingerprint density at radius 3 is 2.68 bits per heavy atom. The van der Waals surface area contributed by atoms with E-state index in [1.54, 1.807) is 0 Å². The lowest BCUT2D eigenvalue weighted by molar-refractivity contribution is -0.145. The van der Waals surface area contributed by atoms with E-state index in [4.69, 9.17) is 9.47 Å². The molecule has 0 spiro atoms. The molecule has 2 bridgehead atoms. The SMILES string of the molecule is C=CC(=O)OC1CC2CC1CC2CCCCC1COC(=O)C1. The maximum atomic E-state index is 11.3. The van der Waals surface area contributed by atoms with Crippen molar-refractivity contribution in [3.63, 3.8) is 0 Å². The second-order valence-electron chi connectivity index (χ2n) is 7.20. The maximum Gasteiger partial charge on any atom is 0.330 e. The molecule has 5 unspecified atom stereocenters. The molecule has 5 atom stereocenters. The third-order valence-corrected chi connectivity index (χ3v) is 5.75. The van der Waals surface area contributed by atoms with Crippen molar-refractivity contribution in [3.05, 3.63) is 12.7 Å². The molecule has 0 aromatic carbocycles. The highest BCUT2D eigenvalue weighted by Gasteiger charge is 2.46. The first-order valence-electron chi connectivity index (χ1n) is 8.64. The normalized spacial score (nSPS) is 36.4. The van der Waals surface area contributed by atoms with Gasteiger partial charge < -0.3 is 9.47 Å². The number of hydrogen-bond acceptors (Lipinski definition) is 4. The molecule has 3 fully saturated rings. The van der Waals surface area contributed by atoms with E-state index < -0.39 is 0 Å². The zero-order valence-electron chi connectivity index (χ0n) is 13.2. The van der Waals surface area contributed by atoms with Gasteiger partial charge in [-0.15, -0.1) is 0 Å². The quantitative estimate of drug-likeness (QED) is 0.411. The van der Waals surface area contributed by atoms with Crippen LogP contribution in [0.15, 0.2) is 12.7 Å². The molecule has 2 saturated carbocycles. The lowest BCUT2D eigenvalue weighted by atomic mass is 9.83. The number of cyclic esters (lactones) is 1. The molecule has 0 radical (unpaired) electrons. The summed E-state index contributed by atoms with van der Waals surface area (Å²) in [5, 5.41) is 0. The lowest BCUT2D eigenvalue weighted by Crippen LogP contribution is -2.26. The van der Waals surface area contributed by atoms with Crippen LogP contribution in [0.2, 0.25) is 0 Å². The van der Waals surface area contributed by atoms with Crippen molar-refractivity contribution in [1.82, 2.24) is 0 Å². The van der Waals surface area contributed by atoms with Gasteiger partial charge in [-0.1, -0.05) is 25.8 Å². The van der Waals surface area contributed by atoms with Gasteiger partial charge in [0.1, 0.15) is 6.10 Å². The van der Waals surface area contributed by atoms with Crippen molar-refractivity contribution in [2.75, 3.05) is 6.61 Å². The molecule has 2 aliphatic carbocycles. The molecule has 3 aliphatic rings. The van der Waals surface area contributed by atoms with Crippen LogP contribution in [0.4, 0.5) is 0 Å². The molecule has 1 saturated heterocycles. The third kappa shape index (κ3) is 3.53. The molecule has 0 aromatic rings. The molecule has 3 rings (SSSR count). The van der Waals surface area contributed by atoms with Crippen LogP contribution < -0.4 is 0 Å². The molecule has 0 amide bonds. The summed E-state index contributed by atoms with van der Waals surface area (Å²) in [6, 6.07) is 0. The van der Waals surface area contributed by atoms with Gasteiger partial charge in [0.25, 0.3) is 0 Å².